The van der Waals surface area contributed by atoms with E-state index < -0.39 is 0 Å². The molecule has 0 aliphatic carbocycles. The van der Waals surface area contributed by atoms with E-state index in [1.165, 1.54) is 0 Å². The minimum atomic E-state index is -0.327. The summed E-state index contributed by atoms with van der Waals surface area (Å²) in [6.07, 6.45) is 4.47. The highest BCUT2D eigenvalue weighted by Crippen LogP contribution is 2.40. The summed E-state index contributed by atoms with van der Waals surface area (Å²) in [5, 5.41) is 7.96. The van der Waals surface area contributed by atoms with Crippen LogP contribution in [0, 0.1) is 6.92 Å². The Labute approximate surface area is 145 Å². The van der Waals surface area contributed by atoms with E-state index in [2.05, 4.69) is 25.1 Å². The molecule has 2 aliphatic heterocycles. The number of nitrogens with two attached hydrogens (primary N) is 1. The van der Waals surface area contributed by atoms with Gasteiger partial charge >= 0.3 is 0 Å². The lowest BCUT2D eigenvalue weighted by atomic mass is 9.83. The molecule has 0 saturated carbocycles. The zero-order chi connectivity index (χ0) is 16.7. The Morgan fingerprint density at radius 2 is 2.21 bits per heavy atom. The summed E-state index contributed by atoms with van der Waals surface area (Å²) in [5.74, 6) is 0.319. The van der Waals surface area contributed by atoms with Crippen molar-refractivity contribution in [3.05, 3.63) is 33.9 Å². The molecule has 1 saturated heterocycles. The lowest BCUT2D eigenvalue weighted by Crippen LogP contribution is -2.47. The number of rotatable bonds is 2. The SMILES string of the molecule is Cc1[nH]nc(CN2CCC3(CC2)OCCc2cnc(N)nc23)c1Cl. The van der Waals surface area contributed by atoms with Crippen molar-refractivity contribution in [2.75, 3.05) is 25.4 Å². The summed E-state index contributed by atoms with van der Waals surface area (Å²) in [4.78, 5) is 11.0. The van der Waals surface area contributed by atoms with Gasteiger partial charge in [0.2, 0.25) is 5.95 Å². The van der Waals surface area contributed by atoms with Crippen LogP contribution in [-0.2, 0) is 23.3 Å². The fourth-order valence-electron chi connectivity index (χ4n) is 3.66. The second-order valence-electron chi connectivity index (χ2n) is 6.58. The summed E-state index contributed by atoms with van der Waals surface area (Å²) in [6.45, 7) is 5.21. The Bertz CT molecular complexity index is 753. The summed E-state index contributed by atoms with van der Waals surface area (Å²) in [6, 6.07) is 0. The Hall–Kier alpha value is -1.70. The van der Waals surface area contributed by atoms with Crippen molar-refractivity contribution in [2.24, 2.45) is 0 Å². The molecule has 1 fully saturated rings. The number of fused-ring (bicyclic) bond motifs is 2. The summed E-state index contributed by atoms with van der Waals surface area (Å²) in [5.41, 5.74) is 9.44. The van der Waals surface area contributed by atoms with Gasteiger partial charge < -0.3 is 10.5 Å². The standard InChI is InChI=1S/C16H21ClN6O/c1-10-13(17)12(22-21-10)9-23-5-3-16(4-6-23)14-11(2-7-24-16)8-19-15(18)20-14/h8H,2-7,9H2,1H3,(H,21,22)(H2,18,19,20). The summed E-state index contributed by atoms with van der Waals surface area (Å²) < 4.78 is 6.19. The van der Waals surface area contributed by atoms with Crippen molar-refractivity contribution in [3.63, 3.8) is 0 Å². The van der Waals surface area contributed by atoms with Crippen molar-refractivity contribution in [3.8, 4) is 0 Å². The molecule has 0 radical (unpaired) electrons. The molecule has 3 N–H and O–H groups in total. The largest absolute Gasteiger partial charge is 0.368 e. The average molecular weight is 349 g/mol. The number of ether oxygens (including phenoxy) is 1. The van der Waals surface area contributed by atoms with E-state index in [-0.39, 0.29) is 5.60 Å². The van der Waals surface area contributed by atoms with E-state index in [1.54, 1.807) is 0 Å². The molecule has 2 aromatic heterocycles. The number of nitrogen functional groups attached to an aromatic ring is 1. The molecule has 128 valence electrons. The number of hydrogen-bond donors (Lipinski definition) is 2. The number of aryl methyl sites for hydroxylation is 1. The lowest BCUT2D eigenvalue weighted by Gasteiger charge is -2.43. The molecule has 1 spiro atoms. The molecule has 0 aromatic carbocycles. The first kappa shape index (κ1) is 15.8. The molecule has 0 atom stereocenters. The molecule has 7 nitrogen and oxygen atoms in total. The molecule has 8 heteroatoms. The molecule has 0 bridgehead atoms. The third kappa shape index (κ3) is 2.66. The smallest absolute Gasteiger partial charge is 0.220 e. The number of aromatic nitrogens is 4. The van der Waals surface area contributed by atoms with Gasteiger partial charge in [-0.15, -0.1) is 0 Å². The molecule has 2 aromatic rings. The monoisotopic (exact) mass is 348 g/mol. The number of nitrogens with one attached hydrogen (secondary N) is 1. The van der Waals surface area contributed by atoms with Crippen LogP contribution < -0.4 is 5.73 Å². The van der Waals surface area contributed by atoms with Gasteiger partial charge in [-0.25, -0.2) is 9.97 Å². The number of halogens is 1. The predicted octanol–water partition coefficient (Wildman–Crippen LogP) is 1.81. The van der Waals surface area contributed by atoms with Crippen LogP contribution in [0.25, 0.3) is 0 Å². The average Bonchev–Trinajstić information content (AvgIpc) is 2.90. The maximum absolute atomic E-state index is 6.28. The minimum Gasteiger partial charge on any atom is -0.368 e. The third-order valence-corrected chi connectivity index (χ3v) is 5.54. The van der Waals surface area contributed by atoms with Crippen LogP contribution in [0.1, 0.15) is 35.5 Å². The number of anilines is 1. The predicted molar refractivity (Wildman–Crippen MR) is 90.6 cm³/mol. The third-order valence-electron chi connectivity index (χ3n) is 5.04. The highest BCUT2D eigenvalue weighted by Gasteiger charge is 2.42. The van der Waals surface area contributed by atoms with Crippen molar-refractivity contribution in [1.82, 2.24) is 25.1 Å². The lowest BCUT2D eigenvalue weighted by molar-refractivity contribution is -0.102. The fraction of sp³-hybridized carbons (Fsp3) is 0.562. The van der Waals surface area contributed by atoms with Crippen molar-refractivity contribution >= 4 is 17.5 Å². The molecular weight excluding hydrogens is 328 g/mol. The molecule has 0 amide bonds. The Morgan fingerprint density at radius 3 is 2.92 bits per heavy atom. The zero-order valence-corrected chi connectivity index (χ0v) is 14.4. The molecular formula is C16H21ClN6O. The fourth-order valence-corrected chi connectivity index (χ4v) is 3.80. The van der Waals surface area contributed by atoms with Crippen LogP contribution in [0.5, 0.6) is 0 Å². The first-order chi connectivity index (χ1) is 11.6. The number of H-pyrrole nitrogens is 1. The highest BCUT2D eigenvalue weighted by molar-refractivity contribution is 6.31. The van der Waals surface area contributed by atoms with Gasteiger partial charge in [0, 0.05) is 25.8 Å². The number of aromatic amines is 1. The zero-order valence-electron chi connectivity index (χ0n) is 13.7. The van der Waals surface area contributed by atoms with Gasteiger partial charge in [0.05, 0.1) is 28.7 Å². The molecule has 4 rings (SSSR count). The van der Waals surface area contributed by atoms with Gasteiger partial charge in [-0.1, -0.05) is 11.6 Å². The number of nitrogens with zero attached hydrogens (tertiary/aromatic N) is 4. The van der Waals surface area contributed by atoms with E-state index in [4.69, 9.17) is 22.1 Å². The number of hydrogen-bond acceptors (Lipinski definition) is 6. The van der Waals surface area contributed by atoms with Crippen LogP contribution in [0.2, 0.25) is 5.02 Å². The second kappa shape index (κ2) is 5.98. The Balaban J connectivity index is 1.50. The first-order valence-electron chi connectivity index (χ1n) is 8.25. The maximum atomic E-state index is 6.28. The van der Waals surface area contributed by atoms with Crippen molar-refractivity contribution in [1.29, 1.82) is 0 Å². The van der Waals surface area contributed by atoms with Crippen LogP contribution in [0.3, 0.4) is 0 Å². The molecule has 0 unspecified atom stereocenters. The number of likely N-dealkylation sites (tertiary alicyclic amines) is 1. The van der Waals surface area contributed by atoms with Gasteiger partial charge in [0.15, 0.2) is 0 Å². The van der Waals surface area contributed by atoms with Gasteiger partial charge in [0.1, 0.15) is 5.60 Å². The summed E-state index contributed by atoms with van der Waals surface area (Å²) in [7, 11) is 0. The minimum absolute atomic E-state index is 0.319. The van der Waals surface area contributed by atoms with Gasteiger partial charge in [-0.05, 0) is 31.7 Å². The topological polar surface area (TPSA) is 93.0 Å². The first-order valence-corrected chi connectivity index (χ1v) is 8.63. The van der Waals surface area contributed by atoms with Gasteiger partial charge in [0.25, 0.3) is 0 Å². The summed E-state index contributed by atoms with van der Waals surface area (Å²) >= 11 is 6.28. The maximum Gasteiger partial charge on any atom is 0.220 e. The van der Waals surface area contributed by atoms with E-state index in [0.29, 0.717) is 12.6 Å². The molecule has 24 heavy (non-hydrogen) atoms. The van der Waals surface area contributed by atoms with E-state index in [0.717, 1.165) is 66.6 Å². The van der Waals surface area contributed by atoms with E-state index in [9.17, 15) is 0 Å². The van der Waals surface area contributed by atoms with Crippen molar-refractivity contribution < 1.29 is 4.74 Å². The highest BCUT2D eigenvalue weighted by atomic mass is 35.5. The van der Waals surface area contributed by atoms with E-state index in [1.807, 2.05) is 13.1 Å². The number of piperidine rings is 1. The van der Waals surface area contributed by atoms with Crippen LogP contribution in [0.4, 0.5) is 5.95 Å². The van der Waals surface area contributed by atoms with Crippen LogP contribution in [0.15, 0.2) is 6.20 Å². The quantitative estimate of drug-likeness (QED) is 0.859. The van der Waals surface area contributed by atoms with Gasteiger partial charge in [-0.3, -0.25) is 10.00 Å². The van der Waals surface area contributed by atoms with E-state index >= 15 is 0 Å². The van der Waals surface area contributed by atoms with Crippen LogP contribution >= 0.6 is 11.6 Å². The Morgan fingerprint density at radius 1 is 1.42 bits per heavy atom. The van der Waals surface area contributed by atoms with Crippen molar-refractivity contribution in [2.45, 2.75) is 38.3 Å². The molecule has 2 aliphatic rings. The second-order valence-corrected chi connectivity index (χ2v) is 6.96. The normalized spacial score (nSPS) is 20.2. The van der Waals surface area contributed by atoms with Crippen LogP contribution in [-0.4, -0.2) is 44.8 Å². The van der Waals surface area contributed by atoms with Gasteiger partial charge in [-0.2, -0.15) is 5.10 Å². The Kier molecular flexibility index (Phi) is 3.94. The molecule has 4 heterocycles.